The molecule has 1 aliphatic heterocycles. The Balaban J connectivity index is 1.44. The third kappa shape index (κ3) is 4.69. The zero-order chi connectivity index (χ0) is 23.8. The highest BCUT2D eigenvalue weighted by Gasteiger charge is 2.33. The lowest BCUT2D eigenvalue weighted by Crippen LogP contribution is -2.41. The van der Waals surface area contributed by atoms with E-state index < -0.39 is 10.0 Å². The maximum Gasteiger partial charge on any atom is 0.247 e. The Labute approximate surface area is 194 Å². The van der Waals surface area contributed by atoms with Crippen LogP contribution in [0, 0.1) is 33.6 Å². The van der Waals surface area contributed by atoms with E-state index in [-0.39, 0.29) is 11.8 Å². The van der Waals surface area contributed by atoms with E-state index in [1.807, 2.05) is 58.0 Å². The van der Waals surface area contributed by atoms with Gasteiger partial charge in [-0.3, -0.25) is 4.79 Å². The smallest absolute Gasteiger partial charge is 0.247 e. The maximum atomic E-state index is 13.3. The van der Waals surface area contributed by atoms with Crippen LogP contribution in [0.2, 0.25) is 0 Å². The highest BCUT2D eigenvalue weighted by Crippen LogP contribution is 2.30. The van der Waals surface area contributed by atoms with E-state index in [1.54, 1.807) is 0 Å². The Bertz CT molecular complexity index is 1250. The van der Waals surface area contributed by atoms with Crippen LogP contribution in [0.15, 0.2) is 46.0 Å². The molecule has 1 N–H and O–H groups in total. The molecule has 1 saturated heterocycles. The summed E-state index contributed by atoms with van der Waals surface area (Å²) in [5.74, 6) is 0.00866. The van der Waals surface area contributed by atoms with E-state index in [4.69, 9.17) is 4.42 Å². The topological polar surface area (TPSA) is 105 Å². The Morgan fingerprint density at radius 3 is 2.30 bits per heavy atom. The first-order valence-electron chi connectivity index (χ1n) is 10.9. The van der Waals surface area contributed by atoms with Crippen LogP contribution in [0.5, 0.6) is 0 Å². The lowest BCUT2D eigenvalue weighted by Gasteiger charge is -2.31. The number of sulfonamides is 1. The van der Waals surface area contributed by atoms with Gasteiger partial charge in [-0.05, 0) is 69.4 Å². The third-order valence-corrected chi connectivity index (χ3v) is 8.33. The molecule has 9 heteroatoms. The molecule has 33 heavy (non-hydrogen) atoms. The second-order valence-electron chi connectivity index (χ2n) is 8.67. The van der Waals surface area contributed by atoms with Crippen LogP contribution in [0.4, 0.5) is 5.69 Å². The number of benzene rings is 2. The summed E-state index contributed by atoms with van der Waals surface area (Å²) in [7, 11) is -3.61. The summed E-state index contributed by atoms with van der Waals surface area (Å²) >= 11 is 0. The number of carbonyl (C=O) groups is 1. The van der Waals surface area contributed by atoms with Gasteiger partial charge in [-0.15, -0.1) is 10.2 Å². The standard InChI is InChI=1S/C24H28N4O4S/c1-15-11-17(3)22(18(4)12-15)33(30,31)28-9-7-19(8-10-28)23(29)26-21-13-20(6-5-16(21)2)24-27-25-14-32-24/h5-6,11-14,19H,7-10H2,1-4H3,(H,26,29). The van der Waals surface area contributed by atoms with Gasteiger partial charge in [-0.2, -0.15) is 4.31 Å². The number of hydrogen-bond donors (Lipinski definition) is 1. The van der Waals surface area contributed by atoms with Gasteiger partial charge >= 0.3 is 0 Å². The molecule has 1 fully saturated rings. The molecule has 1 amide bonds. The van der Waals surface area contributed by atoms with Gasteiger partial charge in [0, 0.05) is 30.3 Å². The molecule has 0 saturated carbocycles. The molecular weight excluding hydrogens is 440 g/mol. The Kier molecular flexibility index (Phi) is 6.36. The Morgan fingerprint density at radius 1 is 1.03 bits per heavy atom. The first-order chi connectivity index (χ1) is 15.7. The van der Waals surface area contributed by atoms with E-state index >= 15 is 0 Å². The highest BCUT2D eigenvalue weighted by molar-refractivity contribution is 7.89. The number of carbonyl (C=O) groups excluding carboxylic acids is 1. The fourth-order valence-electron chi connectivity index (χ4n) is 4.48. The SMILES string of the molecule is Cc1cc(C)c(S(=O)(=O)N2CCC(C(=O)Nc3cc(-c4nnco4)ccc3C)CC2)c(C)c1. The quantitative estimate of drug-likeness (QED) is 0.607. The van der Waals surface area contributed by atoms with E-state index in [1.165, 1.54) is 10.7 Å². The van der Waals surface area contributed by atoms with Gasteiger partial charge in [-0.25, -0.2) is 8.42 Å². The second-order valence-corrected chi connectivity index (χ2v) is 10.5. The van der Waals surface area contributed by atoms with Crippen molar-refractivity contribution in [2.45, 2.75) is 45.4 Å². The summed E-state index contributed by atoms with van der Waals surface area (Å²) in [4.78, 5) is 13.3. The lowest BCUT2D eigenvalue weighted by atomic mass is 9.97. The van der Waals surface area contributed by atoms with E-state index in [0.717, 1.165) is 27.8 Å². The largest absolute Gasteiger partial charge is 0.423 e. The van der Waals surface area contributed by atoms with Crippen molar-refractivity contribution >= 4 is 21.6 Å². The lowest BCUT2D eigenvalue weighted by molar-refractivity contribution is -0.120. The van der Waals surface area contributed by atoms with Crippen molar-refractivity contribution in [1.29, 1.82) is 0 Å². The molecule has 0 spiro atoms. The van der Waals surface area contributed by atoms with Crippen LogP contribution in [-0.2, 0) is 14.8 Å². The fourth-order valence-corrected chi connectivity index (χ4v) is 6.37. The molecule has 3 aromatic rings. The van der Waals surface area contributed by atoms with Crippen molar-refractivity contribution in [3.8, 4) is 11.5 Å². The molecule has 2 heterocycles. The van der Waals surface area contributed by atoms with Crippen LogP contribution in [0.25, 0.3) is 11.5 Å². The number of rotatable bonds is 5. The van der Waals surface area contributed by atoms with Crippen molar-refractivity contribution in [1.82, 2.24) is 14.5 Å². The number of nitrogens with zero attached hydrogens (tertiary/aromatic N) is 3. The van der Waals surface area contributed by atoms with Gasteiger partial charge in [0.15, 0.2) is 0 Å². The van der Waals surface area contributed by atoms with E-state index in [2.05, 4.69) is 15.5 Å². The molecule has 8 nitrogen and oxygen atoms in total. The minimum atomic E-state index is -3.61. The van der Waals surface area contributed by atoms with Crippen LogP contribution in [0.3, 0.4) is 0 Å². The second kappa shape index (κ2) is 9.07. The van der Waals surface area contributed by atoms with Crippen molar-refractivity contribution in [2.24, 2.45) is 5.92 Å². The molecule has 0 unspecified atom stereocenters. The molecular formula is C24H28N4O4S. The van der Waals surface area contributed by atoms with Gasteiger partial charge in [0.2, 0.25) is 28.2 Å². The monoisotopic (exact) mass is 468 g/mol. The number of aryl methyl sites for hydroxylation is 4. The predicted molar refractivity (Wildman–Crippen MR) is 125 cm³/mol. The molecule has 2 aromatic carbocycles. The summed E-state index contributed by atoms with van der Waals surface area (Å²) in [6.07, 6.45) is 2.20. The number of hydrogen-bond acceptors (Lipinski definition) is 6. The van der Waals surface area contributed by atoms with Crippen LogP contribution >= 0.6 is 0 Å². The van der Waals surface area contributed by atoms with Gasteiger partial charge in [-0.1, -0.05) is 23.8 Å². The number of nitrogens with one attached hydrogen (secondary N) is 1. The summed E-state index contributed by atoms with van der Waals surface area (Å²) in [5, 5.41) is 10.6. The first-order valence-corrected chi connectivity index (χ1v) is 12.4. The molecule has 0 atom stereocenters. The van der Waals surface area contributed by atoms with Crippen LogP contribution in [-0.4, -0.2) is 41.9 Å². The minimum Gasteiger partial charge on any atom is -0.423 e. The number of piperidine rings is 1. The summed E-state index contributed by atoms with van der Waals surface area (Å²) in [6.45, 7) is 8.16. The Morgan fingerprint density at radius 2 is 1.70 bits per heavy atom. The number of aromatic nitrogens is 2. The molecule has 1 aliphatic rings. The average molecular weight is 469 g/mol. The van der Waals surface area contributed by atoms with E-state index in [9.17, 15) is 13.2 Å². The van der Waals surface area contributed by atoms with Crippen LogP contribution in [0.1, 0.15) is 35.1 Å². The summed E-state index contributed by atoms with van der Waals surface area (Å²) < 4.78 is 33.4. The zero-order valence-corrected chi connectivity index (χ0v) is 20.1. The number of amides is 1. The molecule has 0 aliphatic carbocycles. The van der Waals surface area contributed by atoms with Crippen molar-refractivity contribution in [3.05, 3.63) is 59.0 Å². The van der Waals surface area contributed by atoms with E-state index in [0.29, 0.717) is 42.4 Å². The fraction of sp³-hybridized carbons (Fsp3) is 0.375. The molecule has 174 valence electrons. The summed E-state index contributed by atoms with van der Waals surface area (Å²) in [5.41, 5.74) is 4.86. The zero-order valence-electron chi connectivity index (χ0n) is 19.3. The number of anilines is 1. The minimum absolute atomic E-state index is 0.111. The predicted octanol–water partition coefficient (Wildman–Crippen LogP) is 4.01. The van der Waals surface area contributed by atoms with Crippen molar-refractivity contribution < 1.29 is 17.6 Å². The molecule has 0 bridgehead atoms. The van der Waals surface area contributed by atoms with Crippen molar-refractivity contribution in [3.63, 3.8) is 0 Å². The van der Waals surface area contributed by atoms with Gasteiger partial charge in [0.05, 0.1) is 4.90 Å². The average Bonchev–Trinajstić information content (AvgIpc) is 3.29. The van der Waals surface area contributed by atoms with Gasteiger partial charge in [0.25, 0.3) is 0 Å². The molecule has 0 radical (unpaired) electrons. The van der Waals surface area contributed by atoms with Crippen LogP contribution < -0.4 is 5.32 Å². The first kappa shape index (κ1) is 23.1. The Hall–Kier alpha value is -3.04. The highest BCUT2D eigenvalue weighted by atomic mass is 32.2. The maximum absolute atomic E-state index is 13.3. The molecule has 4 rings (SSSR count). The summed E-state index contributed by atoms with van der Waals surface area (Å²) in [6, 6.07) is 9.34. The van der Waals surface area contributed by atoms with Gasteiger partial charge in [0.1, 0.15) is 0 Å². The van der Waals surface area contributed by atoms with Gasteiger partial charge < -0.3 is 9.73 Å². The normalized spacial score (nSPS) is 15.5. The molecule has 1 aromatic heterocycles. The third-order valence-electron chi connectivity index (χ3n) is 6.13. The van der Waals surface area contributed by atoms with Crippen molar-refractivity contribution in [2.75, 3.05) is 18.4 Å².